The molecule has 364 valence electrons. The minimum absolute atomic E-state index is 0.0333. The normalized spacial score (nSPS) is 11.5. The summed E-state index contributed by atoms with van der Waals surface area (Å²) in [5.74, 6) is -1.03. The third-order valence-electron chi connectivity index (χ3n) is 11.4. The molecule has 1 aromatic rings. The van der Waals surface area contributed by atoms with Crippen LogP contribution in [0.2, 0.25) is 0 Å². The number of amides is 1. The quantitative estimate of drug-likeness (QED) is 0.0160. The van der Waals surface area contributed by atoms with Crippen molar-refractivity contribution in [1.29, 1.82) is 0 Å². The predicted octanol–water partition coefficient (Wildman–Crippen LogP) is 15.1. The summed E-state index contributed by atoms with van der Waals surface area (Å²) in [5.41, 5.74) is 1.51. The molecule has 0 aliphatic heterocycles. The van der Waals surface area contributed by atoms with Gasteiger partial charge in [-0.1, -0.05) is 191 Å². The highest BCUT2D eigenvalue weighted by atomic mass is 16.6. The Labute approximate surface area is 391 Å². The first-order valence-corrected chi connectivity index (χ1v) is 26.1. The SMILES string of the molecule is CCCCCCCC/C=C\CCCCCCCCOC(=O)CN(CC(=O)OCCCCCCCC/C=C\CCCCCCCC)C(=O)OCCN=Cc1ccc(C(=O)CCCC)cc1. The zero-order valence-electron chi connectivity index (χ0n) is 41.1. The third kappa shape index (κ3) is 36.6. The highest BCUT2D eigenvalue weighted by Crippen LogP contribution is 2.13. The van der Waals surface area contributed by atoms with E-state index in [1.54, 1.807) is 18.3 Å². The summed E-state index contributed by atoms with van der Waals surface area (Å²) in [4.78, 5) is 56.3. The van der Waals surface area contributed by atoms with Crippen molar-refractivity contribution in [3.05, 3.63) is 59.7 Å². The number of Topliss-reactive ketones (excluding diaryl/α,β-unsaturated/α-hetero) is 1. The number of hydrogen-bond donors (Lipinski definition) is 0. The molecule has 1 aromatic carbocycles. The van der Waals surface area contributed by atoms with Crippen LogP contribution < -0.4 is 0 Å². The van der Waals surface area contributed by atoms with Crippen molar-refractivity contribution < 1.29 is 33.4 Å². The smallest absolute Gasteiger partial charge is 0.410 e. The number of ketones is 1. The molecule has 1 amide bonds. The van der Waals surface area contributed by atoms with E-state index in [-0.39, 0.29) is 32.1 Å². The van der Waals surface area contributed by atoms with Gasteiger partial charge < -0.3 is 14.2 Å². The third-order valence-corrected chi connectivity index (χ3v) is 11.4. The van der Waals surface area contributed by atoms with Gasteiger partial charge >= 0.3 is 18.0 Å². The highest BCUT2D eigenvalue weighted by molar-refractivity contribution is 5.96. The van der Waals surface area contributed by atoms with E-state index in [0.717, 1.165) is 87.5 Å². The number of hydrogen-bond acceptors (Lipinski definition) is 8. The summed E-state index contributed by atoms with van der Waals surface area (Å²) < 4.78 is 16.3. The number of benzene rings is 1. The van der Waals surface area contributed by atoms with Crippen LogP contribution in [0, 0.1) is 0 Å². The molecule has 9 nitrogen and oxygen atoms in total. The maximum atomic E-state index is 13.1. The summed E-state index contributed by atoms with van der Waals surface area (Å²) in [6, 6.07) is 7.27. The largest absolute Gasteiger partial charge is 0.464 e. The van der Waals surface area contributed by atoms with Gasteiger partial charge in [0, 0.05) is 18.2 Å². The van der Waals surface area contributed by atoms with Crippen molar-refractivity contribution in [2.24, 2.45) is 4.99 Å². The van der Waals surface area contributed by atoms with Gasteiger partial charge in [-0.05, 0) is 76.2 Å². The first kappa shape index (κ1) is 58.3. The molecule has 1 rings (SSSR count). The molecule has 9 heteroatoms. The molecule has 0 aromatic heterocycles. The molecule has 0 spiro atoms. The molecule has 0 aliphatic carbocycles. The standard InChI is InChI=1S/C55H92N2O7/c1-4-7-10-12-14-16-18-20-22-24-26-28-30-32-34-36-44-62-53(59)48-57(55(61)64-46-43-56-47-50-39-41-51(42-40-50)52(58)38-9-6-3)49-54(60)63-45-37-35-33-31-29-27-25-23-21-19-17-15-13-11-8-5-2/h20-23,39-42,47H,4-19,24-38,43-46,48-49H2,1-3H3/b22-20-,23-21-,56-47?. The summed E-state index contributed by atoms with van der Waals surface area (Å²) >= 11 is 0. The lowest BCUT2D eigenvalue weighted by molar-refractivity contribution is -0.148. The Hall–Kier alpha value is -3.75. The number of esters is 2. The second kappa shape index (κ2) is 44.5. The monoisotopic (exact) mass is 893 g/mol. The van der Waals surface area contributed by atoms with Gasteiger partial charge in [0.05, 0.1) is 19.8 Å². The van der Waals surface area contributed by atoms with Crippen molar-refractivity contribution in [1.82, 2.24) is 4.90 Å². The molecule has 0 fully saturated rings. The Kier molecular flexibility index (Phi) is 40.5. The molecule has 0 radical (unpaired) electrons. The van der Waals surface area contributed by atoms with Crippen LogP contribution in [0.25, 0.3) is 0 Å². The number of carbonyl (C=O) groups is 4. The first-order chi connectivity index (χ1) is 31.4. The molecule has 0 saturated carbocycles. The molecular weight excluding hydrogens is 801 g/mol. The van der Waals surface area contributed by atoms with E-state index in [1.807, 2.05) is 12.1 Å². The fourth-order valence-corrected chi connectivity index (χ4v) is 7.34. The molecular formula is C55H92N2O7. The molecule has 0 unspecified atom stereocenters. The van der Waals surface area contributed by atoms with Crippen LogP contribution in [0.3, 0.4) is 0 Å². The molecule has 0 bridgehead atoms. The van der Waals surface area contributed by atoms with E-state index in [2.05, 4.69) is 50.1 Å². The summed E-state index contributed by atoms with van der Waals surface area (Å²) in [6.07, 6.45) is 46.1. The van der Waals surface area contributed by atoms with Gasteiger partial charge in [0.2, 0.25) is 0 Å². The Balaban J connectivity index is 2.40. The second-order valence-corrected chi connectivity index (χ2v) is 17.5. The number of unbranched alkanes of at least 4 members (excludes halogenated alkanes) is 25. The van der Waals surface area contributed by atoms with E-state index < -0.39 is 31.1 Å². The Bertz CT molecular complexity index is 1310. The predicted molar refractivity (Wildman–Crippen MR) is 267 cm³/mol. The fourth-order valence-electron chi connectivity index (χ4n) is 7.34. The molecule has 0 N–H and O–H groups in total. The van der Waals surface area contributed by atoms with Crippen molar-refractivity contribution in [3.8, 4) is 0 Å². The fraction of sp³-hybridized carbons (Fsp3) is 0.727. The van der Waals surface area contributed by atoms with Crippen molar-refractivity contribution >= 4 is 30.0 Å². The van der Waals surface area contributed by atoms with Gasteiger partial charge in [0.25, 0.3) is 0 Å². The summed E-state index contributed by atoms with van der Waals surface area (Å²) in [5, 5.41) is 0. The number of allylic oxidation sites excluding steroid dienone is 4. The number of aliphatic imine (C=N–C) groups is 1. The minimum Gasteiger partial charge on any atom is -0.464 e. The number of nitrogens with zero attached hydrogens (tertiary/aromatic N) is 2. The molecule has 0 heterocycles. The van der Waals surface area contributed by atoms with E-state index in [9.17, 15) is 19.2 Å². The van der Waals surface area contributed by atoms with Gasteiger partial charge in [0.15, 0.2) is 5.78 Å². The van der Waals surface area contributed by atoms with Crippen LogP contribution in [0.1, 0.15) is 236 Å². The van der Waals surface area contributed by atoms with Gasteiger partial charge in [-0.25, -0.2) is 4.79 Å². The first-order valence-electron chi connectivity index (χ1n) is 26.1. The highest BCUT2D eigenvalue weighted by Gasteiger charge is 2.23. The second-order valence-electron chi connectivity index (χ2n) is 17.5. The van der Waals surface area contributed by atoms with Gasteiger partial charge in [-0.15, -0.1) is 0 Å². The lowest BCUT2D eigenvalue weighted by atomic mass is 10.0. The van der Waals surface area contributed by atoms with Gasteiger partial charge in [-0.2, -0.15) is 0 Å². The van der Waals surface area contributed by atoms with Crippen LogP contribution in [-0.4, -0.2) is 74.4 Å². The zero-order chi connectivity index (χ0) is 46.4. The van der Waals surface area contributed by atoms with Crippen LogP contribution in [-0.2, 0) is 23.8 Å². The molecule has 0 aliphatic rings. The maximum Gasteiger partial charge on any atom is 0.410 e. The van der Waals surface area contributed by atoms with E-state index in [4.69, 9.17) is 14.2 Å². The van der Waals surface area contributed by atoms with Crippen LogP contribution in [0.4, 0.5) is 4.79 Å². The summed E-state index contributed by atoms with van der Waals surface area (Å²) in [7, 11) is 0. The average molecular weight is 893 g/mol. The maximum absolute atomic E-state index is 13.1. The Morgan fingerprint density at radius 1 is 0.469 bits per heavy atom. The number of rotatable bonds is 44. The van der Waals surface area contributed by atoms with E-state index in [1.165, 1.54) is 116 Å². The molecule has 0 atom stereocenters. The number of ether oxygens (including phenoxy) is 3. The lowest BCUT2D eigenvalue weighted by Gasteiger charge is -2.20. The van der Waals surface area contributed by atoms with Crippen molar-refractivity contribution in [2.75, 3.05) is 39.5 Å². The molecule has 64 heavy (non-hydrogen) atoms. The summed E-state index contributed by atoms with van der Waals surface area (Å²) in [6.45, 7) is 6.47. The topological polar surface area (TPSA) is 112 Å². The minimum atomic E-state index is -0.798. The Morgan fingerprint density at radius 3 is 1.28 bits per heavy atom. The van der Waals surface area contributed by atoms with Crippen LogP contribution in [0.5, 0.6) is 0 Å². The average Bonchev–Trinajstić information content (AvgIpc) is 3.30. The zero-order valence-corrected chi connectivity index (χ0v) is 41.1. The van der Waals surface area contributed by atoms with E-state index in [0.29, 0.717) is 12.0 Å². The van der Waals surface area contributed by atoms with Crippen molar-refractivity contribution in [2.45, 2.75) is 220 Å². The van der Waals surface area contributed by atoms with Gasteiger partial charge in [-0.3, -0.25) is 24.3 Å². The Morgan fingerprint density at radius 2 is 0.859 bits per heavy atom. The van der Waals surface area contributed by atoms with Crippen LogP contribution in [0.15, 0.2) is 53.6 Å². The van der Waals surface area contributed by atoms with Gasteiger partial charge in [0.1, 0.15) is 19.7 Å². The molecule has 0 saturated heterocycles. The number of carbonyl (C=O) groups excluding carboxylic acids is 4. The lowest BCUT2D eigenvalue weighted by Crippen LogP contribution is -2.41. The van der Waals surface area contributed by atoms with E-state index >= 15 is 0 Å². The van der Waals surface area contributed by atoms with Crippen LogP contribution >= 0.6 is 0 Å². The van der Waals surface area contributed by atoms with Crippen molar-refractivity contribution in [3.63, 3.8) is 0 Å².